The highest BCUT2D eigenvalue weighted by Crippen LogP contribution is 2.44. The smallest absolute Gasteiger partial charge is 0.223 e. The Morgan fingerprint density at radius 1 is 1.11 bits per heavy atom. The first kappa shape index (κ1) is 25.5. The van der Waals surface area contributed by atoms with Crippen LogP contribution in [0.25, 0.3) is 0 Å². The summed E-state index contributed by atoms with van der Waals surface area (Å²) in [4.78, 5) is 20.1. The number of hydrogen-bond donors (Lipinski definition) is 1. The first-order valence-corrected chi connectivity index (χ1v) is 14.8. The minimum absolute atomic E-state index is 0.125. The fraction of sp³-hybridized carbons (Fsp3) is 0.556. The number of fused-ring (bicyclic) bond motifs is 2. The lowest BCUT2D eigenvalue weighted by atomic mass is 9.95. The van der Waals surface area contributed by atoms with Gasteiger partial charge in [0, 0.05) is 41.2 Å². The summed E-state index contributed by atoms with van der Waals surface area (Å²) in [5, 5.41) is 4.20. The molecule has 0 bridgehead atoms. The summed E-state index contributed by atoms with van der Waals surface area (Å²) in [7, 11) is 2.18. The van der Waals surface area contributed by atoms with Crippen LogP contribution < -0.4 is 5.32 Å². The highest BCUT2D eigenvalue weighted by molar-refractivity contribution is 9.10. The van der Waals surface area contributed by atoms with Crippen molar-refractivity contribution in [3.05, 3.63) is 62.3 Å². The van der Waals surface area contributed by atoms with Gasteiger partial charge < -0.3 is 10.2 Å². The van der Waals surface area contributed by atoms with Gasteiger partial charge in [0.2, 0.25) is 5.91 Å². The van der Waals surface area contributed by atoms with Crippen molar-refractivity contribution in [1.29, 1.82) is 0 Å². The molecular weight excluding hydrogens is 544 g/mol. The number of nitrogens with one attached hydrogen (secondary N) is 1. The Hall–Kier alpha value is -1.12. The van der Waals surface area contributed by atoms with E-state index in [2.05, 4.69) is 55.7 Å². The Kier molecular flexibility index (Phi) is 8.40. The molecule has 1 aromatic carbocycles. The number of pyridine rings is 1. The molecule has 2 fully saturated rings. The van der Waals surface area contributed by atoms with Gasteiger partial charge in [0.25, 0.3) is 0 Å². The molecule has 188 valence electrons. The van der Waals surface area contributed by atoms with Crippen LogP contribution in [0.3, 0.4) is 0 Å². The van der Waals surface area contributed by atoms with Crippen LogP contribution in [0.5, 0.6) is 0 Å². The molecule has 2 saturated heterocycles. The largest absolute Gasteiger partial charge is 0.356 e. The normalized spacial score (nSPS) is 22.3. The van der Waals surface area contributed by atoms with E-state index in [4.69, 9.17) is 16.6 Å². The molecule has 2 aliphatic heterocycles. The molecule has 1 aliphatic carbocycles. The number of likely N-dealkylation sites (tertiary alicyclic amines) is 1. The van der Waals surface area contributed by atoms with E-state index < -0.39 is 0 Å². The summed E-state index contributed by atoms with van der Waals surface area (Å²) in [5.74, 6) is 1.00. The van der Waals surface area contributed by atoms with Crippen LogP contribution in [0, 0.1) is 11.8 Å². The van der Waals surface area contributed by atoms with Crippen LogP contribution in [0.2, 0.25) is 5.02 Å². The van der Waals surface area contributed by atoms with E-state index in [-0.39, 0.29) is 17.1 Å². The van der Waals surface area contributed by atoms with E-state index in [0.717, 1.165) is 73.6 Å². The highest BCUT2D eigenvalue weighted by Gasteiger charge is 2.31. The molecule has 8 heteroatoms. The lowest BCUT2D eigenvalue weighted by Gasteiger charge is -2.34. The van der Waals surface area contributed by atoms with Crippen molar-refractivity contribution < 1.29 is 4.79 Å². The number of carbonyl (C=O) groups is 1. The zero-order valence-corrected chi connectivity index (χ0v) is 23.5. The molecule has 2 aromatic rings. The van der Waals surface area contributed by atoms with Crippen molar-refractivity contribution in [2.24, 2.45) is 11.8 Å². The number of hydrogen-bond acceptors (Lipinski definition) is 5. The SMILES string of the molecule is CN1CCC(CNC(=O)C2CCN(SC3c4ccc(Cl)cc4CCc4cc(Br)cnc43)CC2)CC1. The third-order valence-electron chi connectivity index (χ3n) is 7.75. The van der Waals surface area contributed by atoms with Gasteiger partial charge >= 0.3 is 0 Å². The number of amides is 1. The average molecular weight is 578 g/mol. The second-order valence-electron chi connectivity index (χ2n) is 10.2. The van der Waals surface area contributed by atoms with Crippen molar-refractivity contribution in [2.45, 2.75) is 43.8 Å². The fourth-order valence-electron chi connectivity index (χ4n) is 5.53. The van der Waals surface area contributed by atoms with Crippen LogP contribution in [-0.4, -0.2) is 59.9 Å². The van der Waals surface area contributed by atoms with Gasteiger partial charge in [-0.1, -0.05) is 29.6 Å². The lowest BCUT2D eigenvalue weighted by molar-refractivity contribution is -0.126. The Labute approximate surface area is 226 Å². The van der Waals surface area contributed by atoms with Gasteiger partial charge in [-0.3, -0.25) is 9.78 Å². The maximum absolute atomic E-state index is 12.9. The lowest BCUT2D eigenvalue weighted by Crippen LogP contribution is -2.41. The average Bonchev–Trinajstić information content (AvgIpc) is 3.00. The quantitative estimate of drug-likeness (QED) is 0.476. The number of benzene rings is 1. The summed E-state index contributed by atoms with van der Waals surface area (Å²) in [6.45, 7) is 4.95. The Bertz CT molecular complexity index is 1000. The summed E-state index contributed by atoms with van der Waals surface area (Å²) in [5.41, 5.74) is 5.07. The molecule has 35 heavy (non-hydrogen) atoms. The van der Waals surface area contributed by atoms with Gasteiger partial charge in [0.05, 0.1) is 10.9 Å². The number of nitrogens with zero attached hydrogens (tertiary/aromatic N) is 3. The van der Waals surface area contributed by atoms with Gasteiger partial charge in [-0.05, 0) is 115 Å². The minimum Gasteiger partial charge on any atom is -0.356 e. The Balaban J connectivity index is 1.21. The van der Waals surface area contributed by atoms with Gasteiger partial charge in [-0.15, -0.1) is 0 Å². The van der Waals surface area contributed by atoms with Crippen molar-refractivity contribution >= 4 is 45.4 Å². The maximum Gasteiger partial charge on any atom is 0.223 e. The number of aryl methyl sites for hydroxylation is 2. The minimum atomic E-state index is 0.125. The molecule has 5 nitrogen and oxygen atoms in total. The first-order valence-electron chi connectivity index (χ1n) is 12.8. The van der Waals surface area contributed by atoms with E-state index in [1.54, 1.807) is 0 Å². The van der Waals surface area contributed by atoms with E-state index >= 15 is 0 Å². The van der Waals surface area contributed by atoms with Crippen LogP contribution in [-0.2, 0) is 17.6 Å². The number of piperidine rings is 2. The first-order chi connectivity index (χ1) is 17.0. The second kappa shape index (κ2) is 11.5. The van der Waals surface area contributed by atoms with E-state index in [9.17, 15) is 4.79 Å². The number of rotatable bonds is 5. The highest BCUT2D eigenvalue weighted by atomic mass is 79.9. The van der Waals surface area contributed by atoms with Crippen LogP contribution in [0.1, 0.15) is 53.3 Å². The molecule has 3 heterocycles. The van der Waals surface area contributed by atoms with Crippen LogP contribution in [0.4, 0.5) is 0 Å². The molecule has 0 spiro atoms. The molecular formula is C27H34BrClN4OS. The number of halogens is 2. The molecule has 3 aliphatic rings. The summed E-state index contributed by atoms with van der Waals surface area (Å²) >= 11 is 11.8. The van der Waals surface area contributed by atoms with Crippen LogP contribution >= 0.6 is 39.5 Å². The van der Waals surface area contributed by atoms with E-state index in [0.29, 0.717) is 5.92 Å². The molecule has 1 N–H and O–H groups in total. The summed E-state index contributed by atoms with van der Waals surface area (Å²) in [6, 6.07) is 8.51. The Morgan fingerprint density at radius 3 is 2.63 bits per heavy atom. The summed E-state index contributed by atoms with van der Waals surface area (Å²) in [6.07, 6.45) is 8.04. The Morgan fingerprint density at radius 2 is 1.86 bits per heavy atom. The van der Waals surface area contributed by atoms with Crippen molar-refractivity contribution in [3.8, 4) is 0 Å². The third kappa shape index (κ3) is 6.24. The molecule has 1 unspecified atom stereocenters. The van der Waals surface area contributed by atoms with Gasteiger partial charge in [-0.25, -0.2) is 4.31 Å². The van der Waals surface area contributed by atoms with Crippen molar-refractivity contribution in [2.75, 3.05) is 39.8 Å². The van der Waals surface area contributed by atoms with Gasteiger partial charge in [0.15, 0.2) is 0 Å². The topological polar surface area (TPSA) is 48.5 Å². The number of aromatic nitrogens is 1. The molecule has 1 atom stereocenters. The fourth-order valence-corrected chi connectivity index (χ4v) is 7.47. The summed E-state index contributed by atoms with van der Waals surface area (Å²) < 4.78 is 3.47. The zero-order valence-electron chi connectivity index (χ0n) is 20.3. The molecule has 0 radical (unpaired) electrons. The van der Waals surface area contributed by atoms with E-state index in [1.165, 1.54) is 29.5 Å². The monoisotopic (exact) mass is 576 g/mol. The van der Waals surface area contributed by atoms with Crippen molar-refractivity contribution in [1.82, 2.24) is 19.5 Å². The third-order valence-corrected chi connectivity index (χ3v) is 9.77. The second-order valence-corrected chi connectivity index (χ2v) is 12.8. The van der Waals surface area contributed by atoms with Crippen LogP contribution in [0.15, 0.2) is 34.9 Å². The van der Waals surface area contributed by atoms with Crippen molar-refractivity contribution in [3.63, 3.8) is 0 Å². The predicted octanol–water partition coefficient (Wildman–Crippen LogP) is 5.50. The maximum atomic E-state index is 12.9. The predicted molar refractivity (Wildman–Crippen MR) is 148 cm³/mol. The van der Waals surface area contributed by atoms with Gasteiger partial charge in [0.1, 0.15) is 0 Å². The molecule has 1 amide bonds. The molecule has 1 aromatic heterocycles. The zero-order chi connectivity index (χ0) is 24.4. The molecule has 0 saturated carbocycles. The van der Waals surface area contributed by atoms with Gasteiger partial charge in [-0.2, -0.15) is 0 Å². The molecule has 5 rings (SSSR count). The number of carbonyl (C=O) groups excluding carboxylic acids is 1. The standard InChI is InChI=1S/C27H34BrClN4OS/c1-32-10-6-18(7-11-32)16-31-27(34)19-8-12-33(13-9-19)35-26-24-5-4-23(29)15-20(24)2-3-21-14-22(28)17-30-25(21)26/h4-5,14-15,17-19,26H,2-3,6-13,16H2,1H3,(H,31,34). The van der Waals surface area contributed by atoms with E-state index in [1.807, 2.05) is 24.2 Å².